The Bertz CT molecular complexity index is 914. The number of imidazole rings is 1. The molecule has 3 heterocycles. The molecule has 1 fully saturated rings. The first-order valence-corrected chi connectivity index (χ1v) is 10.0. The molecule has 2 aromatic heterocycles. The minimum Gasteiger partial charge on any atom is -0.358 e. The second kappa shape index (κ2) is 9.12. The van der Waals surface area contributed by atoms with Crippen LogP contribution >= 0.6 is 15.9 Å². The van der Waals surface area contributed by atoms with Crippen LogP contribution < -0.4 is 5.32 Å². The molecule has 154 valence electrons. The monoisotopic (exact) mass is 464 g/mol. The number of hydrogen-bond donors (Lipinski definition) is 1. The summed E-state index contributed by atoms with van der Waals surface area (Å²) in [5, 5.41) is 13.6. The van der Waals surface area contributed by atoms with Crippen molar-refractivity contribution in [2.75, 3.05) is 18.4 Å². The Labute approximate surface area is 175 Å². The zero-order chi connectivity index (χ0) is 21.0. The molecule has 1 N–H and O–H groups in total. The Morgan fingerprint density at radius 3 is 2.86 bits per heavy atom. The van der Waals surface area contributed by atoms with E-state index in [4.69, 9.17) is 0 Å². The maximum absolute atomic E-state index is 12.6. The van der Waals surface area contributed by atoms with Crippen molar-refractivity contribution in [3.63, 3.8) is 0 Å². The van der Waals surface area contributed by atoms with Crippen molar-refractivity contribution in [3.05, 3.63) is 44.9 Å². The van der Waals surface area contributed by atoms with E-state index in [1.54, 1.807) is 34.7 Å². The maximum Gasteiger partial charge on any atom is 0.381 e. The number of anilines is 1. The van der Waals surface area contributed by atoms with Crippen LogP contribution in [-0.4, -0.2) is 49.3 Å². The summed E-state index contributed by atoms with van der Waals surface area (Å²) in [5.74, 6) is 0.195. The summed E-state index contributed by atoms with van der Waals surface area (Å²) in [5.41, 5.74) is 0. The van der Waals surface area contributed by atoms with Gasteiger partial charge >= 0.3 is 5.82 Å². The van der Waals surface area contributed by atoms with Gasteiger partial charge in [-0.05, 0) is 50.8 Å². The third kappa shape index (κ3) is 5.37. The number of aryl methyl sites for hydroxylation is 2. The highest BCUT2D eigenvalue weighted by atomic mass is 79.9. The van der Waals surface area contributed by atoms with E-state index >= 15 is 0 Å². The minimum atomic E-state index is -0.556. The first-order valence-electron chi connectivity index (χ1n) is 9.22. The van der Waals surface area contributed by atoms with Gasteiger partial charge in [0.05, 0.1) is 5.92 Å². The van der Waals surface area contributed by atoms with Crippen molar-refractivity contribution >= 4 is 39.4 Å². The Morgan fingerprint density at radius 2 is 2.21 bits per heavy atom. The lowest BCUT2D eigenvalue weighted by Gasteiger charge is -2.32. The van der Waals surface area contributed by atoms with E-state index < -0.39 is 4.92 Å². The van der Waals surface area contributed by atoms with E-state index in [1.807, 2.05) is 0 Å². The Kier molecular flexibility index (Phi) is 6.57. The molecule has 10 nitrogen and oxygen atoms in total. The maximum atomic E-state index is 12.6. The molecule has 29 heavy (non-hydrogen) atoms. The summed E-state index contributed by atoms with van der Waals surface area (Å²) in [6.45, 7) is 2.92. The fourth-order valence-electron chi connectivity index (χ4n) is 3.28. The normalized spacial score (nSPS) is 16.5. The number of piperidine rings is 1. The number of nitro groups is 1. The molecule has 1 aliphatic rings. The SMILES string of the molecule is Cc1nc([N+](=O)[O-])cn1CCC(=O)N1CCCC(C(=O)Nc2ccc(Br)cn2)C1. The van der Waals surface area contributed by atoms with Crippen LogP contribution in [0.15, 0.2) is 29.0 Å². The van der Waals surface area contributed by atoms with Gasteiger partial charge in [0.25, 0.3) is 0 Å². The van der Waals surface area contributed by atoms with Crippen molar-refractivity contribution in [3.8, 4) is 0 Å². The number of halogens is 1. The zero-order valence-electron chi connectivity index (χ0n) is 15.9. The van der Waals surface area contributed by atoms with Gasteiger partial charge < -0.3 is 24.9 Å². The summed E-state index contributed by atoms with van der Waals surface area (Å²) in [4.78, 5) is 45.1. The van der Waals surface area contributed by atoms with Gasteiger partial charge in [0.2, 0.25) is 17.6 Å². The second-order valence-corrected chi connectivity index (χ2v) is 7.79. The third-order valence-electron chi connectivity index (χ3n) is 4.84. The molecule has 2 aromatic rings. The van der Waals surface area contributed by atoms with E-state index in [0.29, 0.717) is 37.7 Å². The van der Waals surface area contributed by atoms with Crippen LogP contribution in [0.5, 0.6) is 0 Å². The fourth-order valence-corrected chi connectivity index (χ4v) is 3.51. The van der Waals surface area contributed by atoms with Gasteiger partial charge in [0.15, 0.2) is 0 Å². The Morgan fingerprint density at radius 1 is 1.41 bits per heavy atom. The Balaban J connectivity index is 1.54. The number of carbonyl (C=O) groups is 2. The molecule has 0 saturated carbocycles. The first-order chi connectivity index (χ1) is 13.8. The molecule has 1 saturated heterocycles. The minimum absolute atomic E-state index is 0.0833. The summed E-state index contributed by atoms with van der Waals surface area (Å²) < 4.78 is 2.42. The number of pyridine rings is 1. The van der Waals surface area contributed by atoms with Crippen LogP contribution in [0.25, 0.3) is 0 Å². The highest BCUT2D eigenvalue weighted by molar-refractivity contribution is 9.10. The second-order valence-electron chi connectivity index (χ2n) is 6.88. The zero-order valence-corrected chi connectivity index (χ0v) is 17.5. The lowest BCUT2D eigenvalue weighted by atomic mass is 9.97. The molecule has 3 rings (SSSR count). The van der Waals surface area contributed by atoms with Gasteiger partial charge in [-0.1, -0.05) is 0 Å². The topological polar surface area (TPSA) is 123 Å². The molecule has 0 aromatic carbocycles. The van der Waals surface area contributed by atoms with Gasteiger partial charge in [-0.25, -0.2) is 4.98 Å². The third-order valence-corrected chi connectivity index (χ3v) is 5.31. The van der Waals surface area contributed by atoms with E-state index in [1.165, 1.54) is 6.20 Å². The van der Waals surface area contributed by atoms with Gasteiger partial charge in [-0.15, -0.1) is 0 Å². The van der Waals surface area contributed by atoms with Crippen LogP contribution in [-0.2, 0) is 16.1 Å². The highest BCUT2D eigenvalue weighted by Gasteiger charge is 2.28. The number of nitrogens with one attached hydrogen (secondary N) is 1. The van der Waals surface area contributed by atoms with E-state index in [-0.39, 0.29) is 30.0 Å². The highest BCUT2D eigenvalue weighted by Crippen LogP contribution is 2.20. The standard InChI is InChI=1S/C18H21BrN6O4/c1-12-21-16(25(28)29)11-23(12)8-6-17(26)24-7-2-3-13(10-24)18(27)22-15-5-4-14(19)9-20-15/h4-5,9,11,13H,2-3,6-8,10H2,1H3,(H,20,22,27). The van der Waals surface area contributed by atoms with E-state index in [9.17, 15) is 19.7 Å². The van der Waals surface area contributed by atoms with Gasteiger partial charge in [0, 0.05) is 43.6 Å². The first kappa shape index (κ1) is 20.9. The van der Waals surface area contributed by atoms with Crippen molar-refractivity contribution in [2.24, 2.45) is 5.92 Å². The smallest absolute Gasteiger partial charge is 0.358 e. The average Bonchev–Trinajstić information content (AvgIpc) is 3.09. The average molecular weight is 465 g/mol. The summed E-state index contributed by atoms with van der Waals surface area (Å²) in [6, 6.07) is 3.50. The number of carbonyl (C=O) groups excluding carboxylic acids is 2. The molecule has 1 aliphatic heterocycles. The number of nitrogens with zero attached hydrogens (tertiary/aromatic N) is 5. The van der Waals surface area contributed by atoms with Crippen molar-refractivity contribution in [2.45, 2.75) is 32.7 Å². The van der Waals surface area contributed by atoms with Crippen LogP contribution in [0.1, 0.15) is 25.1 Å². The molecule has 2 amide bonds. The van der Waals surface area contributed by atoms with Crippen molar-refractivity contribution < 1.29 is 14.5 Å². The van der Waals surface area contributed by atoms with Gasteiger partial charge in [-0.3, -0.25) is 9.59 Å². The quantitative estimate of drug-likeness (QED) is 0.517. The van der Waals surface area contributed by atoms with E-state index in [2.05, 4.69) is 31.2 Å². The van der Waals surface area contributed by atoms with Crippen molar-refractivity contribution in [1.82, 2.24) is 19.4 Å². The summed E-state index contributed by atoms with van der Waals surface area (Å²) >= 11 is 3.30. The number of aromatic nitrogens is 3. The number of rotatable bonds is 6. The van der Waals surface area contributed by atoms with E-state index in [0.717, 1.165) is 10.9 Å². The number of amides is 2. The molecule has 0 radical (unpaired) electrons. The molecule has 11 heteroatoms. The molecular formula is C18H21BrN6O4. The van der Waals surface area contributed by atoms with Crippen LogP contribution in [0.4, 0.5) is 11.6 Å². The summed E-state index contributed by atoms with van der Waals surface area (Å²) in [7, 11) is 0. The Hall–Kier alpha value is -2.82. The predicted octanol–water partition coefficient (Wildman–Crippen LogP) is 2.52. The molecule has 0 bridgehead atoms. The molecule has 1 atom stereocenters. The van der Waals surface area contributed by atoms with Gasteiger partial charge in [-0.2, -0.15) is 0 Å². The lowest BCUT2D eigenvalue weighted by Crippen LogP contribution is -2.44. The largest absolute Gasteiger partial charge is 0.381 e. The molecular weight excluding hydrogens is 444 g/mol. The lowest BCUT2D eigenvalue weighted by molar-refractivity contribution is -0.389. The van der Waals surface area contributed by atoms with Crippen LogP contribution in [0, 0.1) is 23.0 Å². The van der Waals surface area contributed by atoms with Crippen molar-refractivity contribution in [1.29, 1.82) is 0 Å². The molecule has 0 aliphatic carbocycles. The van der Waals surface area contributed by atoms with Crippen LogP contribution in [0.2, 0.25) is 0 Å². The number of likely N-dealkylation sites (tertiary alicyclic amines) is 1. The van der Waals surface area contributed by atoms with Crippen LogP contribution in [0.3, 0.4) is 0 Å². The molecule has 0 spiro atoms. The molecule has 1 unspecified atom stereocenters. The number of hydrogen-bond acceptors (Lipinski definition) is 6. The predicted molar refractivity (Wildman–Crippen MR) is 108 cm³/mol. The summed E-state index contributed by atoms with van der Waals surface area (Å²) in [6.07, 6.45) is 4.58. The van der Waals surface area contributed by atoms with Gasteiger partial charge in [0.1, 0.15) is 12.0 Å². The fraction of sp³-hybridized carbons (Fsp3) is 0.444.